The standard InChI is InChI=1S/C25H33F2N7O/c1-3-5-10-19-33-23-24(22-18(32-25(23)29)9-8-14-31-22)34(19)15-7-6-13-30-20(35)12-11-17(27)21(28)16(26)4-2/h8-9,11,14H,3-7,10,12-13,15,28H2,1-2H3,(H2,29,32)(H,30,35)/b17-11+,21-16-. The molecule has 1 amide bonds. The van der Waals surface area contributed by atoms with E-state index < -0.39 is 17.4 Å². The van der Waals surface area contributed by atoms with Crippen LogP contribution in [0.25, 0.3) is 22.1 Å². The van der Waals surface area contributed by atoms with Crippen LogP contribution in [-0.2, 0) is 17.8 Å². The minimum atomic E-state index is -0.916. The largest absolute Gasteiger partial charge is 0.394 e. The normalized spacial score (nSPS) is 12.9. The van der Waals surface area contributed by atoms with E-state index in [-0.39, 0.29) is 18.7 Å². The summed E-state index contributed by atoms with van der Waals surface area (Å²) < 4.78 is 29.3. The lowest BCUT2D eigenvalue weighted by Crippen LogP contribution is -2.24. The fourth-order valence-electron chi connectivity index (χ4n) is 3.84. The molecular formula is C25H33F2N7O. The van der Waals surface area contributed by atoms with Crippen molar-refractivity contribution in [1.29, 1.82) is 0 Å². The van der Waals surface area contributed by atoms with Gasteiger partial charge in [-0.2, -0.15) is 0 Å². The maximum absolute atomic E-state index is 13.8. The fourth-order valence-corrected chi connectivity index (χ4v) is 3.84. The van der Waals surface area contributed by atoms with Gasteiger partial charge in [-0.15, -0.1) is 0 Å². The summed E-state index contributed by atoms with van der Waals surface area (Å²) in [6, 6.07) is 3.71. The molecule has 0 aromatic carbocycles. The number of imidazole rings is 1. The Balaban J connectivity index is 1.64. The smallest absolute Gasteiger partial charge is 0.223 e. The number of carbonyl (C=O) groups excluding carboxylic acids is 1. The van der Waals surface area contributed by atoms with Gasteiger partial charge in [-0.1, -0.05) is 20.3 Å². The van der Waals surface area contributed by atoms with Crippen LogP contribution in [0, 0.1) is 0 Å². The highest BCUT2D eigenvalue weighted by Gasteiger charge is 2.17. The first-order valence-corrected chi connectivity index (χ1v) is 12.0. The van der Waals surface area contributed by atoms with Crippen molar-refractivity contribution in [1.82, 2.24) is 24.8 Å². The van der Waals surface area contributed by atoms with Gasteiger partial charge < -0.3 is 21.4 Å². The molecule has 0 radical (unpaired) electrons. The zero-order valence-corrected chi connectivity index (χ0v) is 20.3. The number of hydrogen-bond acceptors (Lipinski definition) is 6. The summed E-state index contributed by atoms with van der Waals surface area (Å²) in [7, 11) is 0. The summed E-state index contributed by atoms with van der Waals surface area (Å²) in [6.45, 7) is 4.79. The molecule has 3 aromatic rings. The lowest BCUT2D eigenvalue weighted by atomic mass is 10.2. The predicted octanol–water partition coefficient (Wildman–Crippen LogP) is 4.59. The third-order valence-electron chi connectivity index (χ3n) is 5.75. The molecule has 10 heteroatoms. The molecule has 35 heavy (non-hydrogen) atoms. The van der Waals surface area contributed by atoms with Crippen molar-refractivity contribution < 1.29 is 13.6 Å². The van der Waals surface area contributed by atoms with Gasteiger partial charge in [0.05, 0.1) is 11.2 Å². The van der Waals surface area contributed by atoms with Gasteiger partial charge in [-0.05, 0) is 43.9 Å². The summed E-state index contributed by atoms with van der Waals surface area (Å²) in [5.74, 6) is -0.664. The Morgan fingerprint density at radius 1 is 1.17 bits per heavy atom. The topological polar surface area (TPSA) is 125 Å². The highest BCUT2D eigenvalue weighted by Crippen LogP contribution is 2.28. The summed E-state index contributed by atoms with van der Waals surface area (Å²) in [5, 5.41) is 2.76. The van der Waals surface area contributed by atoms with Gasteiger partial charge in [0.1, 0.15) is 34.0 Å². The van der Waals surface area contributed by atoms with Gasteiger partial charge in [0, 0.05) is 32.1 Å². The van der Waals surface area contributed by atoms with Gasteiger partial charge in [0.25, 0.3) is 0 Å². The Kier molecular flexibility index (Phi) is 9.11. The molecule has 8 nitrogen and oxygen atoms in total. The molecule has 0 bridgehead atoms. The van der Waals surface area contributed by atoms with Crippen molar-refractivity contribution in [2.45, 2.75) is 65.3 Å². The zero-order chi connectivity index (χ0) is 25.4. The molecule has 0 atom stereocenters. The molecule has 0 saturated carbocycles. The molecule has 0 aliphatic heterocycles. The number of carbonyl (C=O) groups is 1. The minimum Gasteiger partial charge on any atom is -0.394 e. The summed E-state index contributed by atoms with van der Waals surface area (Å²) in [5.41, 5.74) is 14.1. The quantitative estimate of drug-likeness (QED) is 0.254. The molecule has 188 valence electrons. The van der Waals surface area contributed by atoms with Crippen LogP contribution in [0.4, 0.5) is 14.6 Å². The van der Waals surface area contributed by atoms with Crippen molar-refractivity contribution in [2.24, 2.45) is 5.73 Å². The molecule has 0 unspecified atom stereocenters. The average molecular weight is 486 g/mol. The summed E-state index contributed by atoms with van der Waals surface area (Å²) in [4.78, 5) is 25.8. The third-order valence-corrected chi connectivity index (χ3v) is 5.75. The Labute approximate surface area is 203 Å². The summed E-state index contributed by atoms with van der Waals surface area (Å²) in [6.07, 6.45) is 6.88. The van der Waals surface area contributed by atoms with E-state index in [1.54, 1.807) is 6.20 Å². The van der Waals surface area contributed by atoms with Crippen molar-refractivity contribution in [3.8, 4) is 0 Å². The second kappa shape index (κ2) is 12.2. The van der Waals surface area contributed by atoms with E-state index in [1.165, 1.54) is 6.92 Å². The molecular weight excluding hydrogens is 452 g/mol. The molecule has 3 heterocycles. The number of nitrogen functional groups attached to an aromatic ring is 1. The molecule has 0 spiro atoms. The van der Waals surface area contributed by atoms with Crippen LogP contribution in [0.2, 0.25) is 0 Å². The summed E-state index contributed by atoms with van der Waals surface area (Å²) >= 11 is 0. The Hall–Kier alpha value is -3.56. The number of halogens is 2. The molecule has 3 rings (SSSR count). The lowest BCUT2D eigenvalue weighted by molar-refractivity contribution is -0.120. The van der Waals surface area contributed by atoms with Crippen LogP contribution in [0.3, 0.4) is 0 Å². The minimum absolute atomic E-state index is 0.000606. The maximum atomic E-state index is 13.8. The van der Waals surface area contributed by atoms with Gasteiger partial charge in [-0.25, -0.2) is 18.7 Å². The van der Waals surface area contributed by atoms with Crippen LogP contribution in [-0.4, -0.2) is 32.0 Å². The van der Waals surface area contributed by atoms with Crippen molar-refractivity contribution >= 4 is 33.8 Å². The number of nitrogens with one attached hydrogen (secondary N) is 1. The van der Waals surface area contributed by atoms with Gasteiger partial charge >= 0.3 is 0 Å². The number of amides is 1. The first kappa shape index (κ1) is 26.1. The van der Waals surface area contributed by atoms with E-state index >= 15 is 0 Å². The number of hydrogen-bond donors (Lipinski definition) is 3. The Morgan fingerprint density at radius 3 is 2.71 bits per heavy atom. The number of unbranched alkanes of at least 4 members (excludes halogenated alkanes) is 2. The number of fused-ring (bicyclic) bond motifs is 3. The third kappa shape index (κ3) is 6.32. The van der Waals surface area contributed by atoms with E-state index in [4.69, 9.17) is 16.5 Å². The monoisotopic (exact) mass is 485 g/mol. The van der Waals surface area contributed by atoms with E-state index in [0.29, 0.717) is 30.8 Å². The van der Waals surface area contributed by atoms with Crippen molar-refractivity contribution in [2.75, 3.05) is 12.3 Å². The van der Waals surface area contributed by atoms with E-state index in [9.17, 15) is 13.6 Å². The Bertz CT molecular complexity index is 1250. The van der Waals surface area contributed by atoms with Crippen LogP contribution in [0.1, 0.15) is 58.2 Å². The van der Waals surface area contributed by atoms with Crippen LogP contribution >= 0.6 is 0 Å². The maximum Gasteiger partial charge on any atom is 0.223 e. The number of rotatable bonds is 12. The second-order valence-electron chi connectivity index (χ2n) is 8.33. The number of pyridine rings is 2. The van der Waals surface area contributed by atoms with Crippen LogP contribution in [0.5, 0.6) is 0 Å². The highest BCUT2D eigenvalue weighted by molar-refractivity contribution is 6.04. The van der Waals surface area contributed by atoms with Crippen LogP contribution in [0.15, 0.2) is 41.8 Å². The zero-order valence-electron chi connectivity index (χ0n) is 20.3. The first-order chi connectivity index (χ1) is 16.9. The SMILES string of the molecule is CCCCc1nc2c(N)nc3cccnc3c2n1CCCCNC(=O)C/C=C(F)\C(N)=C(\F)CC. The van der Waals surface area contributed by atoms with Crippen molar-refractivity contribution in [3.63, 3.8) is 0 Å². The second-order valence-corrected chi connectivity index (χ2v) is 8.33. The van der Waals surface area contributed by atoms with E-state index in [0.717, 1.165) is 54.1 Å². The van der Waals surface area contributed by atoms with E-state index in [2.05, 4.69) is 26.8 Å². The van der Waals surface area contributed by atoms with Gasteiger partial charge in [0.15, 0.2) is 5.82 Å². The number of allylic oxidation sites excluding steroid dienone is 2. The Morgan fingerprint density at radius 2 is 1.97 bits per heavy atom. The molecule has 3 aromatic heterocycles. The molecule has 0 saturated heterocycles. The molecule has 5 N–H and O–H groups in total. The molecule has 0 aliphatic carbocycles. The number of aromatic nitrogens is 4. The van der Waals surface area contributed by atoms with Gasteiger partial charge in [-0.3, -0.25) is 9.78 Å². The predicted molar refractivity (Wildman–Crippen MR) is 135 cm³/mol. The molecule has 0 aliphatic rings. The van der Waals surface area contributed by atoms with Crippen LogP contribution < -0.4 is 16.8 Å². The lowest BCUT2D eigenvalue weighted by Gasteiger charge is -2.11. The average Bonchev–Trinajstić information content (AvgIpc) is 3.24. The number of nitrogens with zero attached hydrogens (tertiary/aromatic N) is 4. The van der Waals surface area contributed by atoms with E-state index in [1.807, 2.05) is 12.1 Å². The highest BCUT2D eigenvalue weighted by atomic mass is 19.1. The fraction of sp³-hybridized carbons (Fsp3) is 0.440. The van der Waals surface area contributed by atoms with Crippen molar-refractivity contribution in [3.05, 3.63) is 47.6 Å². The van der Waals surface area contributed by atoms with Gasteiger partial charge in [0.2, 0.25) is 5.91 Å². The number of anilines is 1. The number of aryl methyl sites for hydroxylation is 2. The number of nitrogens with two attached hydrogens (primary N) is 2. The molecule has 0 fully saturated rings. The first-order valence-electron chi connectivity index (χ1n) is 12.0.